The lowest BCUT2D eigenvalue weighted by molar-refractivity contribution is 0.0747. The zero-order chi connectivity index (χ0) is 15.6. The smallest absolute Gasteiger partial charge is 0.257 e. The van der Waals surface area contributed by atoms with Crippen LogP contribution in [0, 0.1) is 0 Å². The molecule has 23 heavy (non-hydrogen) atoms. The largest absolute Gasteiger partial charge is 0.368 e. The molecular formula is C16H16N6O. The number of carbonyl (C=O) groups is 1. The second-order valence-corrected chi connectivity index (χ2v) is 5.53. The van der Waals surface area contributed by atoms with Gasteiger partial charge in [-0.2, -0.15) is 5.10 Å². The minimum absolute atomic E-state index is 0.0327. The zero-order valence-corrected chi connectivity index (χ0v) is 12.5. The monoisotopic (exact) mass is 308 g/mol. The Morgan fingerprint density at radius 1 is 1.13 bits per heavy atom. The van der Waals surface area contributed by atoms with E-state index in [4.69, 9.17) is 0 Å². The first-order chi connectivity index (χ1) is 11.3. The first kappa shape index (κ1) is 13.7. The van der Waals surface area contributed by atoms with Crippen molar-refractivity contribution in [1.82, 2.24) is 25.1 Å². The fourth-order valence-electron chi connectivity index (χ4n) is 2.89. The van der Waals surface area contributed by atoms with E-state index in [1.165, 1.54) is 0 Å². The standard InChI is InChI=1S/C16H16N6O/c23-16(13-9-19-20-10-13)22-5-3-21(4-6-22)14-1-2-15-12(7-14)8-17-11-18-15/h1-2,7-11H,3-6H2,(H,19,20). The van der Waals surface area contributed by atoms with Gasteiger partial charge in [0.2, 0.25) is 0 Å². The highest BCUT2D eigenvalue weighted by atomic mass is 16.2. The van der Waals surface area contributed by atoms with Gasteiger partial charge >= 0.3 is 0 Å². The molecule has 1 aromatic carbocycles. The summed E-state index contributed by atoms with van der Waals surface area (Å²) in [5, 5.41) is 7.55. The van der Waals surface area contributed by atoms with Crippen LogP contribution in [0.3, 0.4) is 0 Å². The van der Waals surface area contributed by atoms with Crippen molar-refractivity contribution in [2.75, 3.05) is 31.1 Å². The lowest BCUT2D eigenvalue weighted by atomic mass is 10.2. The van der Waals surface area contributed by atoms with Gasteiger partial charge in [-0.15, -0.1) is 0 Å². The number of hydrogen-bond donors (Lipinski definition) is 1. The SMILES string of the molecule is O=C(c1cn[nH]c1)N1CCN(c2ccc3ncncc3c2)CC1. The Bertz CT molecular complexity index is 823. The summed E-state index contributed by atoms with van der Waals surface area (Å²) in [6.45, 7) is 3.02. The van der Waals surface area contributed by atoms with Gasteiger partial charge in [-0.1, -0.05) is 0 Å². The summed E-state index contributed by atoms with van der Waals surface area (Å²) in [5.74, 6) is 0.0327. The van der Waals surface area contributed by atoms with Crippen LogP contribution < -0.4 is 4.90 Å². The fraction of sp³-hybridized carbons (Fsp3) is 0.250. The molecule has 1 N–H and O–H groups in total. The van der Waals surface area contributed by atoms with Crippen molar-refractivity contribution in [3.8, 4) is 0 Å². The molecule has 7 heteroatoms. The van der Waals surface area contributed by atoms with Gasteiger partial charge in [0, 0.05) is 49.6 Å². The van der Waals surface area contributed by atoms with Gasteiger partial charge in [0.05, 0.1) is 17.3 Å². The molecule has 0 atom stereocenters. The summed E-state index contributed by atoms with van der Waals surface area (Å²) in [4.78, 5) is 24.8. The van der Waals surface area contributed by atoms with Crippen LogP contribution in [0.2, 0.25) is 0 Å². The molecule has 0 radical (unpaired) electrons. The number of rotatable bonds is 2. The van der Waals surface area contributed by atoms with Crippen molar-refractivity contribution >= 4 is 22.5 Å². The highest BCUT2D eigenvalue weighted by Crippen LogP contribution is 2.21. The number of nitrogens with zero attached hydrogens (tertiary/aromatic N) is 5. The number of aromatic nitrogens is 4. The van der Waals surface area contributed by atoms with E-state index in [0.717, 1.165) is 29.7 Å². The molecule has 3 aromatic rings. The number of hydrogen-bond acceptors (Lipinski definition) is 5. The van der Waals surface area contributed by atoms with E-state index < -0.39 is 0 Å². The topological polar surface area (TPSA) is 78.0 Å². The average Bonchev–Trinajstić information content (AvgIpc) is 3.15. The lowest BCUT2D eigenvalue weighted by Crippen LogP contribution is -2.48. The number of aromatic amines is 1. The minimum Gasteiger partial charge on any atom is -0.368 e. The number of amides is 1. The highest BCUT2D eigenvalue weighted by molar-refractivity contribution is 5.93. The third-order valence-corrected chi connectivity index (χ3v) is 4.17. The van der Waals surface area contributed by atoms with Gasteiger partial charge < -0.3 is 9.80 Å². The molecular weight excluding hydrogens is 292 g/mol. The Morgan fingerprint density at radius 2 is 2.00 bits per heavy atom. The molecule has 0 unspecified atom stereocenters. The van der Waals surface area contributed by atoms with Crippen LogP contribution in [0.5, 0.6) is 0 Å². The molecule has 1 aliphatic heterocycles. The van der Waals surface area contributed by atoms with Crippen LogP contribution >= 0.6 is 0 Å². The van der Waals surface area contributed by atoms with Crippen molar-refractivity contribution in [3.05, 3.63) is 48.7 Å². The van der Waals surface area contributed by atoms with E-state index in [2.05, 4.69) is 37.2 Å². The number of carbonyl (C=O) groups excluding carboxylic acids is 1. The van der Waals surface area contributed by atoms with E-state index in [-0.39, 0.29) is 5.91 Å². The molecule has 7 nitrogen and oxygen atoms in total. The maximum atomic E-state index is 12.3. The van der Waals surface area contributed by atoms with Gasteiger partial charge in [-0.05, 0) is 18.2 Å². The number of H-pyrrole nitrogens is 1. The van der Waals surface area contributed by atoms with Crippen LogP contribution in [0.4, 0.5) is 5.69 Å². The van der Waals surface area contributed by atoms with E-state index in [1.54, 1.807) is 18.7 Å². The fourth-order valence-corrected chi connectivity index (χ4v) is 2.89. The summed E-state index contributed by atoms with van der Waals surface area (Å²) in [5.41, 5.74) is 2.70. The van der Waals surface area contributed by atoms with Crippen LogP contribution in [0.15, 0.2) is 43.1 Å². The molecule has 116 valence electrons. The van der Waals surface area contributed by atoms with Crippen molar-refractivity contribution in [3.63, 3.8) is 0 Å². The van der Waals surface area contributed by atoms with Gasteiger partial charge in [-0.25, -0.2) is 9.97 Å². The van der Waals surface area contributed by atoms with E-state index in [9.17, 15) is 4.79 Å². The van der Waals surface area contributed by atoms with Gasteiger partial charge in [0.25, 0.3) is 5.91 Å². The Morgan fingerprint density at radius 3 is 2.78 bits per heavy atom. The van der Waals surface area contributed by atoms with Crippen molar-refractivity contribution < 1.29 is 4.79 Å². The molecule has 1 aliphatic rings. The van der Waals surface area contributed by atoms with Crippen molar-refractivity contribution in [1.29, 1.82) is 0 Å². The lowest BCUT2D eigenvalue weighted by Gasteiger charge is -2.36. The third kappa shape index (κ3) is 2.61. The number of benzene rings is 1. The van der Waals surface area contributed by atoms with Gasteiger partial charge in [-0.3, -0.25) is 9.89 Å². The Balaban J connectivity index is 1.47. The molecule has 2 aromatic heterocycles. The Kier molecular flexibility index (Phi) is 3.38. The molecule has 0 aliphatic carbocycles. The van der Waals surface area contributed by atoms with E-state index in [0.29, 0.717) is 18.7 Å². The Hall–Kier alpha value is -2.96. The van der Waals surface area contributed by atoms with Crippen LogP contribution in [0.25, 0.3) is 10.9 Å². The molecule has 0 saturated carbocycles. The second kappa shape index (κ2) is 5.68. The molecule has 1 saturated heterocycles. The number of piperazine rings is 1. The predicted molar refractivity (Wildman–Crippen MR) is 86.2 cm³/mol. The summed E-state index contributed by atoms with van der Waals surface area (Å²) >= 11 is 0. The molecule has 4 rings (SSSR count). The van der Waals surface area contributed by atoms with Crippen LogP contribution in [-0.2, 0) is 0 Å². The molecule has 3 heterocycles. The number of nitrogens with one attached hydrogen (secondary N) is 1. The summed E-state index contributed by atoms with van der Waals surface area (Å²) < 4.78 is 0. The Labute approximate surface area is 133 Å². The third-order valence-electron chi connectivity index (χ3n) is 4.17. The summed E-state index contributed by atoms with van der Waals surface area (Å²) in [6.07, 6.45) is 6.59. The summed E-state index contributed by atoms with van der Waals surface area (Å²) in [7, 11) is 0. The molecule has 1 fully saturated rings. The second-order valence-electron chi connectivity index (χ2n) is 5.53. The first-order valence-electron chi connectivity index (χ1n) is 7.54. The van der Waals surface area contributed by atoms with E-state index in [1.807, 2.05) is 17.2 Å². The number of anilines is 1. The summed E-state index contributed by atoms with van der Waals surface area (Å²) in [6, 6.07) is 6.18. The molecule has 0 spiro atoms. The van der Waals surface area contributed by atoms with Crippen LogP contribution in [0.1, 0.15) is 10.4 Å². The van der Waals surface area contributed by atoms with Crippen molar-refractivity contribution in [2.24, 2.45) is 0 Å². The van der Waals surface area contributed by atoms with Crippen LogP contribution in [-0.4, -0.2) is 57.2 Å². The average molecular weight is 308 g/mol. The quantitative estimate of drug-likeness (QED) is 0.772. The maximum absolute atomic E-state index is 12.3. The molecule has 1 amide bonds. The predicted octanol–water partition coefficient (Wildman–Crippen LogP) is 1.32. The minimum atomic E-state index is 0.0327. The molecule has 0 bridgehead atoms. The number of fused-ring (bicyclic) bond motifs is 1. The highest BCUT2D eigenvalue weighted by Gasteiger charge is 2.22. The van der Waals surface area contributed by atoms with Gasteiger partial charge in [0.1, 0.15) is 6.33 Å². The normalized spacial score (nSPS) is 15.1. The van der Waals surface area contributed by atoms with Crippen molar-refractivity contribution in [2.45, 2.75) is 0 Å². The first-order valence-corrected chi connectivity index (χ1v) is 7.54. The van der Waals surface area contributed by atoms with E-state index >= 15 is 0 Å². The zero-order valence-electron chi connectivity index (χ0n) is 12.5. The van der Waals surface area contributed by atoms with Gasteiger partial charge in [0.15, 0.2) is 0 Å². The maximum Gasteiger partial charge on any atom is 0.257 e.